The van der Waals surface area contributed by atoms with Gasteiger partial charge in [0.2, 0.25) is 5.91 Å². The maximum absolute atomic E-state index is 12.9. The van der Waals surface area contributed by atoms with Crippen molar-refractivity contribution in [2.45, 2.75) is 31.3 Å². The molecule has 3 unspecified atom stereocenters. The van der Waals surface area contributed by atoms with Crippen LogP contribution in [-0.4, -0.2) is 36.9 Å². The fraction of sp³-hybridized carbons (Fsp3) is 0.588. The molecule has 2 aliphatic carbocycles. The van der Waals surface area contributed by atoms with Gasteiger partial charge in [0, 0.05) is 19.1 Å². The molecular weight excluding hydrogens is 285 g/mol. The van der Waals surface area contributed by atoms with Gasteiger partial charge < -0.3 is 15.2 Å². The van der Waals surface area contributed by atoms with E-state index in [0.717, 1.165) is 12.0 Å². The number of aliphatic hydroxyl groups excluding tert-OH is 1. The summed E-state index contributed by atoms with van der Waals surface area (Å²) in [5.74, 6) is 0.467. The Morgan fingerprint density at radius 3 is 2.77 bits per heavy atom. The van der Waals surface area contributed by atoms with Crippen LogP contribution in [0.25, 0.3) is 0 Å². The zero-order valence-electron chi connectivity index (χ0n) is 12.5. The molecule has 2 fully saturated rings. The number of ether oxygens (including phenoxy) is 1. The van der Waals surface area contributed by atoms with E-state index in [-0.39, 0.29) is 36.7 Å². The molecular formula is C17H22FNO3. The smallest absolute Gasteiger partial charge is 0.223 e. The molecule has 120 valence electrons. The zero-order chi connectivity index (χ0) is 15.5. The van der Waals surface area contributed by atoms with Crippen LogP contribution in [0.15, 0.2) is 24.3 Å². The lowest BCUT2D eigenvalue weighted by molar-refractivity contribution is -0.123. The second-order valence-corrected chi connectivity index (χ2v) is 6.38. The summed E-state index contributed by atoms with van der Waals surface area (Å²) in [4.78, 5) is 12.0. The van der Waals surface area contributed by atoms with Crippen molar-refractivity contribution in [1.82, 2.24) is 5.32 Å². The van der Waals surface area contributed by atoms with Gasteiger partial charge in [0.15, 0.2) is 0 Å². The lowest BCUT2D eigenvalue weighted by Crippen LogP contribution is -2.35. The van der Waals surface area contributed by atoms with E-state index in [9.17, 15) is 14.3 Å². The van der Waals surface area contributed by atoms with Gasteiger partial charge in [0.05, 0.1) is 12.7 Å². The van der Waals surface area contributed by atoms with Gasteiger partial charge in [0.1, 0.15) is 5.82 Å². The topological polar surface area (TPSA) is 58.6 Å². The number of benzene rings is 1. The van der Waals surface area contributed by atoms with E-state index >= 15 is 0 Å². The van der Waals surface area contributed by atoms with Crippen molar-refractivity contribution >= 4 is 5.91 Å². The van der Waals surface area contributed by atoms with Gasteiger partial charge in [0.25, 0.3) is 0 Å². The third kappa shape index (κ3) is 4.27. The van der Waals surface area contributed by atoms with Crippen LogP contribution in [0.4, 0.5) is 4.39 Å². The Hall–Kier alpha value is -1.46. The molecule has 2 N–H and O–H groups in total. The van der Waals surface area contributed by atoms with Crippen LogP contribution in [0.5, 0.6) is 0 Å². The lowest BCUT2D eigenvalue weighted by Gasteiger charge is -2.12. The summed E-state index contributed by atoms with van der Waals surface area (Å²) in [6.07, 6.45) is 2.57. The van der Waals surface area contributed by atoms with Crippen molar-refractivity contribution in [3.63, 3.8) is 0 Å². The van der Waals surface area contributed by atoms with Crippen LogP contribution < -0.4 is 5.32 Å². The monoisotopic (exact) mass is 307 g/mol. The molecule has 22 heavy (non-hydrogen) atoms. The summed E-state index contributed by atoms with van der Waals surface area (Å²) in [5.41, 5.74) is 0.995. The van der Waals surface area contributed by atoms with Crippen LogP contribution in [0.2, 0.25) is 0 Å². The van der Waals surface area contributed by atoms with Gasteiger partial charge in [-0.2, -0.15) is 0 Å². The molecule has 1 aromatic carbocycles. The Bertz CT molecular complexity index is 515. The van der Waals surface area contributed by atoms with Crippen molar-refractivity contribution in [2.75, 3.05) is 19.8 Å². The Morgan fingerprint density at radius 1 is 1.36 bits per heavy atom. The molecule has 0 bridgehead atoms. The third-order valence-corrected chi connectivity index (χ3v) is 4.30. The van der Waals surface area contributed by atoms with Crippen molar-refractivity contribution in [3.05, 3.63) is 35.6 Å². The molecule has 1 amide bonds. The van der Waals surface area contributed by atoms with E-state index < -0.39 is 6.10 Å². The largest absolute Gasteiger partial charge is 0.389 e. The number of carbonyl (C=O) groups excluding carboxylic acids is 1. The Kier molecular flexibility index (Phi) is 4.74. The predicted octanol–water partition coefficient (Wildman–Crippen LogP) is 1.83. The van der Waals surface area contributed by atoms with Crippen molar-refractivity contribution < 1.29 is 19.0 Å². The average molecular weight is 307 g/mol. The molecule has 0 heterocycles. The first kappa shape index (κ1) is 15.4. The summed E-state index contributed by atoms with van der Waals surface area (Å²) in [7, 11) is 0. The fourth-order valence-corrected chi connectivity index (χ4v) is 2.63. The van der Waals surface area contributed by atoms with Gasteiger partial charge >= 0.3 is 0 Å². The Labute approximate surface area is 129 Å². The number of hydrogen-bond donors (Lipinski definition) is 2. The Balaban J connectivity index is 1.35. The molecule has 2 aliphatic rings. The first-order valence-corrected chi connectivity index (χ1v) is 7.92. The second kappa shape index (κ2) is 6.75. The van der Waals surface area contributed by atoms with E-state index in [2.05, 4.69) is 5.32 Å². The summed E-state index contributed by atoms with van der Waals surface area (Å²) in [6, 6.07) is 6.30. The maximum Gasteiger partial charge on any atom is 0.223 e. The average Bonchev–Trinajstić information content (AvgIpc) is 3.39. The summed E-state index contributed by atoms with van der Waals surface area (Å²) in [6.45, 7) is 1.19. The van der Waals surface area contributed by atoms with Gasteiger partial charge in [-0.25, -0.2) is 4.39 Å². The van der Waals surface area contributed by atoms with Crippen LogP contribution >= 0.6 is 0 Å². The molecule has 4 nitrogen and oxygen atoms in total. The number of hydrogen-bond acceptors (Lipinski definition) is 3. The fourth-order valence-electron chi connectivity index (χ4n) is 2.63. The van der Waals surface area contributed by atoms with Crippen molar-refractivity contribution in [1.29, 1.82) is 0 Å². The maximum atomic E-state index is 12.9. The standard InChI is InChI=1S/C17H22FNO3/c18-13-5-3-12(4-6-13)15-7-16(15)17(21)19-8-14(20)10-22-9-11-1-2-11/h3-6,11,14-16,20H,1-2,7-10H2,(H,19,21). The molecule has 0 aromatic heterocycles. The molecule has 1 aromatic rings. The molecule has 2 saturated carbocycles. The minimum Gasteiger partial charge on any atom is -0.389 e. The van der Waals surface area contributed by atoms with Gasteiger partial charge in [-0.3, -0.25) is 4.79 Å². The minimum atomic E-state index is -0.661. The number of amides is 1. The number of rotatable bonds is 8. The van der Waals surface area contributed by atoms with Gasteiger partial charge in [-0.05, 0) is 48.8 Å². The summed E-state index contributed by atoms with van der Waals surface area (Å²) >= 11 is 0. The SMILES string of the molecule is O=C(NCC(O)COCC1CC1)C1CC1c1ccc(F)cc1. The highest BCUT2D eigenvalue weighted by atomic mass is 19.1. The van der Waals surface area contributed by atoms with E-state index in [1.54, 1.807) is 12.1 Å². The highest BCUT2D eigenvalue weighted by molar-refractivity contribution is 5.82. The van der Waals surface area contributed by atoms with Crippen LogP contribution in [0.3, 0.4) is 0 Å². The number of halogens is 1. The van der Waals surface area contributed by atoms with Gasteiger partial charge in [-0.15, -0.1) is 0 Å². The van der Waals surface area contributed by atoms with Gasteiger partial charge in [-0.1, -0.05) is 12.1 Å². The molecule has 0 spiro atoms. The minimum absolute atomic E-state index is 0.0458. The molecule has 0 aliphatic heterocycles. The number of nitrogens with one attached hydrogen (secondary N) is 1. The van der Waals surface area contributed by atoms with E-state index in [0.29, 0.717) is 12.5 Å². The lowest BCUT2D eigenvalue weighted by atomic mass is 10.1. The predicted molar refractivity (Wildman–Crippen MR) is 79.8 cm³/mol. The third-order valence-electron chi connectivity index (χ3n) is 4.30. The summed E-state index contributed by atoms with van der Waals surface area (Å²) < 4.78 is 18.3. The highest BCUT2D eigenvalue weighted by Crippen LogP contribution is 2.47. The van der Waals surface area contributed by atoms with E-state index in [1.807, 2.05) is 0 Å². The van der Waals surface area contributed by atoms with Crippen LogP contribution in [0, 0.1) is 17.7 Å². The van der Waals surface area contributed by atoms with E-state index in [4.69, 9.17) is 4.74 Å². The molecule has 3 rings (SSSR count). The number of aliphatic hydroxyl groups is 1. The first-order chi connectivity index (χ1) is 10.6. The summed E-state index contributed by atoms with van der Waals surface area (Å²) in [5, 5.41) is 12.5. The number of carbonyl (C=O) groups is 1. The van der Waals surface area contributed by atoms with E-state index in [1.165, 1.54) is 25.0 Å². The Morgan fingerprint density at radius 2 is 2.09 bits per heavy atom. The first-order valence-electron chi connectivity index (χ1n) is 7.92. The molecule has 5 heteroatoms. The normalized spacial score (nSPS) is 24.8. The van der Waals surface area contributed by atoms with Crippen molar-refractivity contribution in [2.24, 2.45) is 11.8 Å². The quantitative estimate of drug-likeness (QED) is 0.770. The second-order valence-electron chi connectivity index (χ2n) is 6.38. The molecule has 0 radical (unpaired) electrons. The molecule has 3 atom stereocenters. The molecule has 0 saturated heterocycles. The van der Waals surface area contributed by atoms with Crippen molar-refractivity contribution in [3.8, 4) is 0 Å². The van der Waals surface area contributed by atoms with Crippen LogP contribution in [0.1, 0.15) is 30.7 Å². The van der Waals surface area contributed by atoms with Crippen LogP contribution in [-0.2, 0) is 9.53 Å². The highest BCUT2D eigenvalue weighted by Gasteiger charge is 2.43. The zero-order valence-corrected chi connectivity index (χ0v) is 12.5.